The average Bonchev–Trinajstić information content (AvgIpc) is 2.79. The molecule has 32 heavy (non-hydrogen) atoms. The molecule has 8 heteroatoms. The van der Waals surface area contributed by atoms with Crippen molar-refractivity contribution in [2.24, 2.45) is 0 Å². The highest BCUT2D eigenvalue weighted by Gasteiger charge is 2.12. The van der Waals surface area contributed by atoms with E-state index in [1.54, 1.807) is 36.4 Å². The minimum atomic E-state index is -0.556. The molecular formula is C24H17ClFN3O3. The Hall–Kier alpha value is -4.15. The first kappa shape index (κ1) is 22.5. The number of hydrogen-bond donors (Lipinski definition) is 2. The summed E-state index contributed by atoms with van der Waals surface area (Å²) in [7, 11) is 0. The largest absolute Gasteiger partial charge is 0.482 e. The molecule has 0 aliphatic heterocycles. The number of nitrogens with zero attached hydrogens (tertiary/aromatic N) is 1. The molecule has 0 aliphatic rings. The van der Waals surface area contributed by atoms with Crippen molar-refractivity contribution in [2.45, 2.75) is 0 Å². The number of carbonyl (C=O) groups excluding carboxylic acids is 2. The zero-order valence-electron chi connectivity index (χ0n) is 16.6. The van der Waals surface area contributed by atoms with Gasteiger partial charge in [-0.2, -0.15) is 5.26 Å². The summed E-state index contributed by atoms with van der Waals surface area (Å²) < 4.78 is 19.0. The Morgan fingerprint density at radius 1 is 1.03 bits per heavy atom. The second-order valence-electron chi connectivity index (χ2n) is 6.50. The first-order valence-electron chi connectivity index (χ1n) is 9.41. The van der Waals surface area contributed by atoms with Crippen molar-refractivity contribution >= 4 is 40.9 Å². The third kappa shape index (κ3) is 6.17. The lowest BCUT2D eigenvalue weighted by atomic mass is 10.1. The Labute approximate surface area is 188 Å². The number of amides is 2. The van der Waals surface area contributed by atoms with E-state index in [2.05, 4.69) is 10.6 Å². The molecule has 160 valence electrons. The number of nitrogens with one attached hydrogen (secondary N) is 2. The van der Waals surface area contributed by atoms with Gasteiger partial charge in [0.2, 0.25) is 0 Å². The number of nitriles is 1. The van der Waals surface area contributed by atoms with Gasteiger partial charge in [0.05, 0.1) is 10.7 Å². The minimum absolute atomic E-state index is 0.0468. The monoisotopic (exact) mass is 449 g/mol. The first-order chi connectivity index (χ1) is 15.5. The van der Waals surface area contributed by atoms with Crippen LogP contribution in [0, 0.1) is 17.1 Å². The summed E-state index contributed by atoms with van der Waals surface area (Å²) >= 11 is 6.20. The molecule has 3 rings (SSSR count). The van der Waals surface area contributed by atoms with Crippen LogP contribution in [0.25, 0.3) is 6.08 Å². The van der Waals surface area contributed by atoms with Gasteiger partial charge >= 0.3 is 0 Å². The Morgan fingerprint density at radius 3 is 2.44 bits per heavy atom. The van der Waals surface area contributed by atoms with Crippen molar-refractivity contribution in [3.63, 3.8) is 0 Å². The number of halogens is 2. The van der Waals surface area contributed by atoms with E-state index < -0.39 is 17.6 Å². The summed E-state index contributed by atoms with van der Waals surface area (Å²) in [5, 5.41) is 14.6. The SMILES string of the molecule is N#CC(=Cc1ccc(OCC(=O)Nc2ccccc2F)c(Cl)c1)C(=O)Nc1ccccc1. The predicted octanol–water partition coefficient (Wildman–Crippen LogP) is 5.04. The van der Waals surface area contributed by atoms with Crippen LogP contribution in [0.1, 0.15) is 5.56 Å². The fourth-order valence-electron chi connectivity index (χ4n) is 2.65. The van der Waals surface area contributed by atoms with Gasteiger partial charge in [0, 0.05) is 5.69 Å². The van der Waals surface area contributed by atoms with Crippen molar-refractivity contribution in [3.8, 4) is 11.8 Å². The summed E-state index contributed by atoms with van der Waals surface area (Å²) in [5.74, 6) is -1.45. The Kier molecular flexibility index (Phi) is 7.57. The third-order valence-electron chi connectivity index (χ3n) is 4.17. The summed E-state index contributed by atoms with van der Waals surface area (Å²) in [4.78, 5) is 24.3. The van der Waals surface area contributed by atoms with Gasteiger partial charge in [0.25, 0.3) is 11.8 Å². The molecule has 0 bridgehead atoms. The molecule has 0 unspecified atom stereocenters. The molecule has 2 amide bonds. The summed E-state index contributed by atoms with van der Waals surface area (Å²) in [6, 6.07) is 21.0. The molecule has 0 saturated heterocycles. The van der Waals surface area contributed by atoms with Gasteiger partial charge in [-0.05, 0) is 48.0 Å². The smallest absolute Gasteiger partial charge is 0.266 e. The lowest BCUT2D eigenvalue weighted by molar-refractivity contribution is -0.118. The maximum atomic E-state index is 13.6. The van der Waals surface area contributed by atoms with Crippen molar-refractivity contribution in [2.75, 3.05) is 17.2 Å². The molecule has 6 nitrogen and oxygen atoms in total. The van der Waals surface area contributed by atoms with E-state index in [1.165, 1.54) is 36.4 Å². The molecule has 0 spiro atoms. The number of para-hydroxylation sites is 2. The van der Waals surface area contributed by atoms with Gasteiger partial charge in [-0.1, -0.05) is 48.0 Å². The normalized spacial score (nSPS) is 10.7. The van der Waals surface area contributed by atoms with E-state index in [9.17, 15) is 19.2 Å². The zero-order valence-corrected chi connectivity index (χ0v) is 17.4. The molecule has 3 aromatic carbocycles. The minimum Gasteiger partial charge on any atom is -0.482 e. The lowest BCUT2D eigenvalue weighted by Gasteiger charge is -2.10. The van der Waals surface area contributed by atoms with E-state index in [-0.39, 0.29) is 28.6 Å². The number of anilines is 2. The molecule has 0 aliphatic carbocycles. The quantitative estimate of drug-likeness (QED) is 0.390. The molecule has 0 atom stereocenters. The van der Waals surface area contributed by atoms with Crippen LogP contribution in [0.15, 0.2) is 78.4 Å². The van der Waals surface area contributed by atoms with Crippen LogP contribution >= 0.6 is 11.6 Å². The van der Waals surface area contributed by atoms with Crippen LogP contribution < -0.4 is 15.4 Å². The summed E-state index contributed by atoms with van der Waals surface area (Å²) in [5.41, 5.74) is 1.00. The van der Waals surface area contributed by atoms with Crippen LogP contribution in [0.2, 0.25) is 5.02 Å². The Balaban J connectivity index is 1.63. The molecule has 0 heterocycles. The Bertz CT molecular complexity index is 1210. The molecule has 0 aromatic heterocycles. The standard InChI is InChI=1S/C24H17ClFN3O3/c25-19-13-16(12-17(14-27)24(31)28-18-6-2-1-3-7-18)10-11-22(19)32-15-23(30)29-21-9-5-4-8-20(21)26/h1-13H,15H2,(H,28,31)(H,29,30). The molecule has 0 radical (unpaired) electrons. The maximum absolute atomic E-state index is 13.6. The molecule has 0 fully saturated rings. The van der Waals surface area contributed by atoms with Crippen molar-refractivity contribution in [3.05, 3.63) is 94.8 Å². The summed E-state index contributed by atoms with van der Waals surface area (Å²) in [6.45, 7) is -0.383. The van der Waals surface area contributed by atoms with E-state index in [0.717, 1.165) is 0 Å². The van der Waals surface area contributed by atoms with Crippen molar-refractivity contribution in [1.82, 2.24) is 0 Å². The molecule has 2 N–H and O–H groups in total. The highest BCUT2D eigenvalue weighted by Crippen LogP contribution is 2.26. The highest BCUT2D eigenvalue weighted by atomic mass is 35.5. The fourth-order valence-corrected chi connectivity index (χ4v) is 2.89. The predicted molar refractivity (Wildman–Crippen MR) is 121 cm³/mol. The second kappa shape index (κ2) is 10.8. The van der Waals surface area contributed by atoms with E-state index in [0.29, 0.717) is 11.3 Å². The molecular weight excluding hydrogens is 433 g/mol. The van der Waals surface area contributed by atoms with Crippen LogP contribution in [-0.4, -0.2) is 18.4 Å². The van der Waals surface area contributed by atoms with E-state index in [1.807, 2.05) is 12.1 Å². The number of rotatable bonds is 7. The lowest BCUT2D eigenvalue weighted by Crippen LogP contribution is -2.20. The van der Waals surface area contributed by atoms with Crippen LogP contribution in [0.3, 0.4) is 0 Å². The highest BCUT2D eigenvalue weighted by molar-refractivity contribution is 6.32. The maximum Gasteiger partial charge on any atom is 0.266 e. The van der Waals surface area contributed by atoms with Gasteiger partial charge in [-0.25, -0.2) is 4.39 Å². The van der Waals surface area contributed by atoms with Crippen molar-refractivity contribution < 1.29 is 18.7 Å². The second-order valence-corrected chi connectivity index (χ2v) is 6.90. The van der Waals surface area contributed by atoms with Gasteiger partial charge in [0.15, 0.2) is 6.61 Å². The topological polar surface area (TPSA) is 91.2 Å². The molecule has 0 saturated carbocycles. The number of ether oxygens (including phenoxy) is 1. The third-order valence-corrected chi connectivity index (χ3v) is 4.47. The Morgan fingerprint density at radius 2 is 1.75 bits per heavy atom. The number of carbonyl (C=O) groups is 2. The number of hydrogen-bond acceptors (Lipinski definition) is 4. The number of benzene rings is 3. The van der Waals surface area contributed by atoms with Crippen LogP contribution in [0.5, 0.6) is 5.75 Å². The fraction of sp³-hybridized carbons (Fsp3) is 0.0417. The zero-order chi connectivity index (χ0) is 22.9. The van der Waals surface area contributed by atoms with Gasteiger partial charge in [0.1, 0.15) is 23.2 Å². The summed E-state index contributed by atoms with van der Waals surface area (Å²) in [6.07, 6.45) is 1.39. The van der Waals surface area contributed by atoms with Gasteiger partial charge in [-0.15, -0.1) is 0 Å². The van der Waals surface area contributed by atoms with E-state index in [4.69, 9.17) is 16.3 Å². The van der Waals surface area contributed by atoms with Crippen molar-refractivity contribution in [1.29, 1.82) is 5.26 Å². The van der Waals surface area contributed by atoms with E-state index >= 15 is 0 Å². The van der Waals surface area contributed by atoms with Gasteiger partial charge in [-0.3, -0.25) is 9.59 Å². The molecule has 3 aromatic rings. The van der Waals surface area contributed by atoms with Crippen LogP contribution in [-0.2, 0) is 9.59 Å². The van der Waals surface area contributed by atoms with Gasteiger partial charge < -0.3 is 15.4 Å². The van der Waals surface area contributed by atoms with Crippen LogP contribution in [0.4, 0.5) is 15.8 Å². The first-order valence-corrected chi connectivity index (χ1v) is 9.79. The average molecular weight is 450 g/mol.